The summed E-state index contributed by atoms with van der Waals surface area (Å²) in [5.41, 5.74) is 8.40. The molecule has 0 saturated carbocycles. The van der Waals surface area contributed by atoms with Crippen LogP contribution in [0, 0.1) is 0 Å². The highest BCUT2D eigenvalue weighted by Gasteiger charge is 2.12. The molecule has 0 aliphatic heterocycles. The van der Waals surface area contributed by atoms with Crippen LogP contribution in [0.5, 0.6) is 0 Å². The van der Waals surface area contributed by atoms with Gasteiger partial charge in [-0.05, 0) is 24.1 Å². The first-order valence-corrected chi connectivity index (χ1v) is 5.00. The highest BCUT2D eigenvalue weighted by atomic mass is 35.5. The van der Waals surface area contributed by atoms with Crippen LogP contribution in [0.2, 0.25) is 10.0 Å². The van der Waals surface area contributed by atoms with Crippen molar-refractivity contribution >= 4 is 29.1 Å². The molecule has 0 aromatic heterocycles. The lowest BCUT2D eigenvalue weighted by Crippen LogP contribution is -2.45. The van der Waals surface area contributed by atoms with Gasteiger partial charge in [-0.25, -0.2) is 5.84 Å². The Bertz CT molecular complexity index is 370. The summed E-state index contributed by atoms with van der Waals surface area (Å²) in [5, 5.41) is 0.909. The smallest absolute Gasteiger partial charge is 0.251 e. The van der Waals surface area contributed by atoms with Crippen LogP contribution >= 0.6 is 23.2 Å². The third-order valence-corrected chi connectivity index (χ3v) is 2.66. The van der Waals surface area contributed by atoms with Gasteiger partial charge in [-0.1, -0.05) is 29.3 Å². The second kappa shape index (κ2) is 5.32. The number of hydrogen-bond acceptors (Lipinski definition) is 3. The standard InChI is InChI=1S/C9H11Cl2N3O/c10-6-2-1-5(3-7(6)11)4-8(12)9(15)14-13/h1-3,8H,4,12-13H2,(H,14,15). The molecule has 0 saturated heterocycles. The summed E-state index contributed by atoms with van der Waals surface area (Å²) in [4.78, 5) is 11.0. The molecule has 0 aliphatic carbocycles. The molecule has 0 spiro atoms. The second-order valence-corrected chi connectivity index (χ2v) is 3.88. The van der Waals surface area contributed by atoms with E-state index in [-0.39, 0.29) is 0 Å². The van der Waals surface area contributed by atoms with Crippen molar-refractivity contribution in [3.05, 3.63) is 33.8 Å². The van der Waals surface area contributed by atoms with E-state index in [4.69, 9.17) is 34.8 Å². The minimum atomic E-state index is -0.688. The monoisotopic (exact) mass is 247 g/mol. The van der Waals surface area contributed by atoms with Crippen molar-refractivity contribution in [2.75, 3.05) is 0 Å². The van der Waals surface area contributed by atoms with Crippen LogP contribution in [0.25, 0.3) is 0 Å². The summed E-state index contributed by atoms with van der Waals surface area (Å²) < 4.78 is 0. The van der Waals surface area contributed by atoms with Gasteiger partial charge in [0.1, 0.15) is 0 Å². The van der Waals surface area contributed by atoms with E-state index in [9.17, 15) is 4.79 Å². The zero-order valence-electron chi connectivity index (χ0n) is 7.84. The molecule has 82 valence electrons. The number of amides is 1. The van der Waals surface area contributed by atoms with Crippen molar-refractivity contribution in [3.63, 3.8) is 0 Å². The van der Waals surface area contributed by atoms with Crippen LogP contribution in [0.3, 0.4) is 0 Å². The second-order valence-electron chi connectivity index (χ2n) is 3.07. The Kier molecular flexibility index (Phi) is 4.35. The van der Waals surface area contributed by atoms with Gasteiger partial charge in [0.2, 0.25) is 0 Å². The molecule has 6 heteroatoms. The number of nitrogens with one attached hydrogen (secondary N) is 1. The fraction of sp³-hybridized carbons (Fsp3) is 0.222. The van der Waals surface area contributed by atoms with Crippen LogP contribution in [-0.2, 0) is 11.2 Å². The molecule has 0 bridgehead atoms. The van der Waals surface area contributed by atoms with Gasteiger partial charge in [-0.2, -0.15) is 0 Å². The fourth-order valence-electron chi connectivity index (χ4n) is 1.12. The third kappa shape index (κ3) is 3.35. The number of carbonyl (C=O) groups is 1. The predicted molar refractivity (Wildman–Crippen MR) is 60.5 cm³/mol. The Hall–Kier alpha value is -0.810. The summed E-state index contributed by atoms with van der Waals surface area (Å²) in [7, 11) is 0. The van der Waals surface area contributed by atoms with Crippen LogP contribution in [0.4, 0.5) is 0 Å². The molecule has 0 fully saturated rings. The van der Waals surface area contributed by atoms with E-state index in [1.807, 2.05) is 5.43 Å². The van der Waals surface area contributed by atoms with E-state index in [1.54, 1.807) is 18.2 Å². The summed E-state index contributed by atoms with van der Waals surface area (Å²) in [6, 6.07) is 4.41. The summed E-state index contributed by atoms with van der Waals surface area (Å²) in [6.45, 7) is 0. The quantitative estimate of drug-likeness (QED) is 0.421. The van der Waals surface area contributed by atoms with E-state index in [0.29, 0.717) is 16.5 Å². The lowest BCUT2D eigenvalue weighted by molar-refractivity contribution is -0.122. The number of nitrogens with two attached hydrogens (primary N) is 2. The Labute approximate surface area is 97.5 Å². The van der Waals surface area contributed by atoms with E-state index in [2.05, 4.69) is 0 Å². The molecule has 1 unspecified atom stereocenters. The van der Waals surface area contributed by atoms with Gasteiger partial charge in [0.15, 0.2) is 0 Å². The van der Waals surface area contributed by atoms with Crippen molar-refractivity contribution in [3.8, 4) is 0 Å². The molecule has 1 amide bonds. The van der Waals surface area contributed by atoms with Crippen molar-refractivity contribution in [2.45, 2.75) is 12.5 Å². The SMILES string of the molecule is NNC(=O)C(N)Cc1ccc(Cl)c(Cl)c1. The highest BCUT2D eigenvalue weighted by Crippen LogP contribution is 2.22. The van der Waals surface area contributed by atoms with Gasteiger partial charge in [0.05, 0.1) is 16.1 Å². The van der Waals surface area contributed by atoms with E-state index in [0.717, 1.165) is 5.56 Å². The number of rotatable bonds is 3. The first-order valence-electron chi connectivity index (χ1n) is 4.24. The zero-order valence-corrected chi connectivity index (χ0v) is 9.35. The predicted octanol–water partition coefficient (Wildman–Crippen LogP) is 0.853. The topological polar surface area (TPSA) is 81.1 Å². The minimum Gasteiger partial charge on any atom is -0.320 e. The molecular formula is C9H11Cl2N3O. The number of carbonyl (C=O) groups excluding carboxylic acids is 1. The molecule has 1 aromatic carbocycles. The van der Waals surface area contributed by atoms with Crippen LogP contribution < -0.4 is 17.0 Å². The van der Waals surface area contributed by atoms with E-state index >= 15 is 0 Å². The van der Waals surface area contributed by atoms with Crippen molar-refractivity contribution in [1.29, 1.82) is 0 Å². The summed E-state index contributed by atoms with van der Waals surface area (Å²) >= 11 is 11.6. The van der Waals surface area contributed by atoms with Gasteiger partial charge in [0.25, 0.3) is 5.91 Å². The van der Waals surface area contributed by atoms with E-state index < -0.39 is 11.9 Å². The molecule has 4 nitrogen and oxygen atoms in total. The first kappa shape index (κ1) is 12.3. The zero-order chi connectivity index (χ0) is 11.4. The Balaban J connectivity index is 2.73. The molecule has 0 radical (unpaired) electrons. The number of halogens is 2. The van der Waals surface area contributed by atoms with Gasteiger partial charge < -0.3 is 5.73 Å². The normalized spacial score (nSPS) is 12.3. The van der Waals surface area contributed by atoms with Gasteiger partial charge in [-0.15, -0.1) is 0 Å². The Morgan fingerprint density at radius 3 is 2.60 bits per heavy atom. The van der Waals surface area contributed by atoms with E-state index in [1.165, 1.54) is 0 Å². The molecule has 0 heterocycles. The van der Waals surface area contributed by atoms with Crippen LogP contribution in [-0.4, -0.2) is 11.9 Å². The van der Waals surface area contributed by atoms with Gasteiger partial charge >= 0.3 is 0 Å². The maximum absolute atomic E-state index is 11.0. The summed E-state index contributed by atoms with van der Waals surface area (Å²) in [6.07, 6.45) is 0.361. The largest absolute Gasteiger partial charge is 0.320 e. The van der Waals surface area contributed by atoms with Crippen molar-refractivity contribution in [2.24, 2.45) is 11.6 Å². The third-order valence-electron chi connectivity index (χ3n) is 1.92. The fourth-order valence-corrected chi connectivity index (χ4v) is 1.44. The average molecular weight is 248 g/mol. The molecule has 0 aliphatic rings. The van der Waals surface area contributed by atoms with Crippen molar-refractivity contribution in [1.82, 2.24) is 5.43 Å². The molecule has 5 N–H and O–H groups in total. The number of hydrazine groups is 1. The van der Waals surface area contributed by atoms with Crippen molar-refractivity contribution < 1.29 is 4.79 Å². The lowest BCUT2D eigenvalue weighted by atomic mass is 10.1. The lowest BCUT2D eigenvalue weighted by Gasteiger charge is -2.10. The maximum atomic E-state index is 11.0. The molecule has 1 aromatic rings. The Morgan fingerprint density at radius 2 is 2.07 bits per heavy atom. The minimum absolute atomic E-state index is 0.361. The molecular weight excluding hydrogens is 237 g/mol. The van der Waals surface area contributed by atoms with Gasteiger partial charge in [0, 0.05) is 0 Å². The highest BCUT2D eigenvalue weighted by molar-refractivity contribution is 6.42. The molecule has 1 rings (SSSR count). The van der Waals surface area contributed by atoms with Crippen LogP contribution in [0.15, 0.2) is 18.2 Å². The average Bonchev–Trinajstić information content (AvgIpc) is 2.22. The van der Waals surface area contributed by atoms with Crippen LogP contribution in [0.1, 0.15) is 5.56 Å². The maximum Gasteiger partial charge on any atom is 0.251 e. The summed E-state index contributed by atoms with van der Waals surface area (Å²) in [5.74, 6) is 4.54. The Morgan fingerprint density at radius 1 is 1.40 bits per heavy atom. The molecule has 15 heavy (non-hydrogen) atoms. The number of benzene rings is 1. The number of hydrogen-bond donors (Lipinski definition) is 3. The van der Waals surface area contributed by atoms with Gasteiger partial charge in [-0.3, -0.25) is 10.2 Å². The first-order chi connectivity index (χ1) is 7.04. The molecule has 1 atom stereocenters.